The van der Waals surface area contributed by atoms with E-state index in [-0.39, 0.29) is 21.8 Å². The van der Waals surface area contributed by atoms with Gasteiger partial charge >= 0.3 is 0 Å². The molecule has 4 fully saturated rings. The van der Waals surface area contributed by atoms with Crippen molar-refractivity contribution in [2.75, 3.05) is 13.4 Å². The molecule has 3 spiro atoms. The number of ketones is 1. The molecule has 0 amide bonds. The van der Waals surface area contributed by atoms with Crippen LogP contribution in [0.25, 0.3) is 0 Å². The monoisotopic (exact) mass is 232 g/mol. The molecule has 0 aromatic carbocycles. The average Bonchev–Trinajstić information content (AvgIpc) is 2.57. The smallest absolute Gasteiger partial charge is 0.147 e. The SMILES string of the molecule is C[C@@]12C34C=C[C@@]15OCOC[C@@H]5CC32C(=O)CC4. The van der Waals surface area contributed by atoms with Crippen LogP contribution in [0, 0.1) is 22.2 Å². The highest BCUT2D eigenvalue weighted by Gasteiger charge is 2.99. The minimum Gasteiger partial charge on any atom is -0.355 e. The van der Waals surface area contributed by atoms with E-state index >= 15 is 0 Å². The van der Waals surface area contributed by atoms with Crippen LogP contribution in [0.3, 0.4) is 0 Å². The maximum Gasteiger partial charge on any atom is 0.147 e. The van der Waals surface area contributed by atoms with E-state index in [0.717, 1.165) is 25.9 Å². The normalized spacial score (nSPS) is 65.7. The largest absolute Gasteiger partial charge is 0.355 e. The maximum absolute atomic E-state index is 12.4. The molecule has 3 nitrogen and oxygen atoms in total. The summed E-state index contributed by atoms with van der Waals surface area (Å²) in [6, 6.07) is 0. The van der Waals surface area contributed by atoms with Crippen LogP contribution in [0.5, 0.6) is 0 Å². The molecule has 0 aromatic heterocycles. The summed E-state index contributed by atoms with van der Waals surface area (Å²) >= 11 is 0. The lowest BCUT2D eigenvalue weighted by atomic mass is 9.76. The fraction of sp³-hybridized carbons (Fsp3) is 0.786. The third-order valence-electron chi connectivity index (χ3n) is 6.92. The Hall–Kier alpha value is -0.670. The molecular formula is C14H16O3. The summed E-state index contributed by atoms with van der Waals surface area (Å²) in [5.74, 6) is 0.872. The van der Waals surface area contributed by atoms with Crippen LogP contribution in [0.1, 0.15) is 26.2 Å². The Morgan fingerprint density at radius 1 is 1.41 bits per heavy atom. The van der Waals surface area contributed by atoms with Crippen LogP contribution in [0.15, 0.2) is 12.2 Å². The van der Waals surface area contributed by atoms with Crippen molar-refractivity contribution in [1.29, 1.82) is 0 Å². The van der Waals surface area contributed by atoms with Crippen molar-refractivity contribution >= 4 is 5.78 Å². The van der Waals surface area contributed by atoms with Crippen molar-refractivity contribution in [3.05, 3.63) is 12.2 Å². The number of hydrogen-bond acceptors (Lipinski definition) is 3. The van der Waals surface area contributed by atoms with E-state index in [1.807, 2.05) is 0 Å². The van der Waals surface area contributed by atoms with Gasteiger partial charge in [0.1, 0.15) is 18.2 Å². The van der Waals surface area contributed by atoms with Crippen LogP contribution in [-0.2, 0) is 14.3 Å². The Kier molecular flexibility index (Phi) is 1.17. The van der Waals surface area contributed by atoms with Crippen molar-refractivity contribution in [1.82, 2.24) is 0 Å². The van der Waals surface area contributed by atoms with Gasteiger partial charge in [-0.25, -0.2) is 0 Å². The van der Waals surface area contributed by atoms with Gasteiger partial charge < -0.3 is 9.47 Å². The molecule has 5 rings (SSSR count). The van der Waals surface area contributed by atoms with Gasteiger partial charge in [0.15, 0.2) is 0 Å². The third kappa shape index (κ3) is 0.535. The molecule has 0 aromatic rings. The molecule has 0 radical (unpaired) electrons. The molecule has 90 valence electrons. The summed E-state index contributed by atoms with van der Waals surface area (Å²) in [5.41, 5.74) is -0.101. The van der Waals surface area contributed by atoms with Crippen molar-refractivity contribution in [2.45, 2.75) is 31.8 Å². The van der Waals surface area contributed by atoms with Crippen molar-refractivity contribution in [2.24, 2.45) is 22.2 Å². The molecule has 1 saturated heterocycles. The highest BCUT2D eigenvalue weighted by atomic mass is 16.7. The van der Waals surface area contributed by atoms with Gasteiger partial charge in [-0.15, -0.1) is 0 Å². The molecule has 5 atom stereocenters. The predicted octanol–water partition coefficient (Wildman–Crippen LogP) is 1.67. The zero-order chi connectivity index (χ0) is 11.5. The molecule has 2 unspecified atom stereocenters. The lowest BCUT2D eigenvalue weighted by molar-refractivity contribution is -0.219. The van der Waals surface area contributed by atoms with Crippen LogP contribution in [-0.4, -0.2) is 24.8 Å². The van der Waals surface area contributed by atoms with Crippen molar-refractivity contribution < 1.29 is 14.3 Å². The zero-order valence-corrected chi connectivity index (χ0v) is 9.99. The average molecular weight is 232 g/mol. The second-order valence-corrected chi connectivity index (χ2v) is 6.59. The minimum atomic E-state index is -0.193. The van der Waals surface area contributed by atoms with Crippen LogP contribution >= 0.6 is 0 Å². The highest BCUT2D eigenvalue weighted by molar-refractivity contribution is 5.97. The van der Waals surface area contributed by atoms with Gasteiger partial charge in [0.2, 0.25) is 0 Å². The second kappa shape index (κ2) is 2.14. The predicted molar refractivity (Wildman–Crippen MR) is 59.1 cm³/mol. The molecule has 3 saturated carbocycles. The summed E-state index contributed by atoms with van der Waals surface area (Å²) in [6.45, 7) is 3.43. The summed E-state index contributed by atoms with van der Waals surface area (Å²) in [5, 5.41) is 0. The van der Waals surface area contributed by atoms with Gasteiger partial charge in [0, 0.05) is 28.6 Å². The van der Waals surface area contributed by atoms with Gasteiger partial charge in [-0.05, 0) is 12.8 Å². The summed E-state index contributed by atoms with van der Waals surface area (Å²) in [4.78, 5) is 12.4. The van der Waals surface area contributed by atoms with E-state index in [4.69, 9.17) is 9.47 Å². The van der Waals surface area contributed by atoms with Crippen molar-refractivity contribution in [3.63, 3.8) is 0 Å². The summed E-state index contributed by atoms with van der Waals surface area (Å²) in [7, 11) is 0. The third-order valence-corrected chi connectivity index (χ3v) is 6.92. The Labute approximate surface area is 100 Å². The van der Waals surface area contributed by atoms with E-state index in [1.54, 1.807) is 0 Å². The van der Waals surface area contributed by atoms with E-state index < -0.39 is 0 Å². The first-order valence-electron chi connectivity index (χ1n) is 6.60. The first kappa shape index (κ1) is 9.29. The number of allylic oxidation sites excluding steroid dienone is 1. The van der Waals surface area contributed by atoms with E-state index in [9.17, 15) is 4.79 Å². The topological polar surface area (TPSA) is 35.5 Å². The number of carbonyl (C=O) groups excluding carboxylic acids is 1. The number of carbonyl (C=O) groups is 1. The Morgan fingerprint density at radius 3 is 3.18 bits per heavy atom. The van der Waals surface area contributed by atoms with E-state index in [1.165, 1.54) is 0 Å². The second-order valence-electron chi connectivity index (χ2n) is 6.59. The van der Waals surface area contributed by atoms with Gasteiger partial charge in [-0.1, -0.05) is 19.1 Å². The van der Waals surface area contributed by atoms with Crippen LogP contribution in [0.2, 0.25) is 0 Å². The van der Waals surface area contributed by atoms with Crippen molar-refractivity contribution in [3.8, 4) is 0 Å². The molecule has 0 N–H and O–H groups in total. The molecule has 1 aliphatic heterocycles. The molecule has 0 bridgehead atoms. The highest BCUT2D eigenvalue weighted by Crippen LogP contribution is 2.96. The standard InChI is InChI=1S/C14H16O3/c1-11-12-3-2-10(15)13(11,12)6-9-7-16-8-17-14(9,11)5-4-12/h4-5,9H,2-3,6-8H2,1H3/t9-,11-,12?,13?,14-/m0/s1. The molecule has 3 heteroatoms. The number of hydrogen-bond donors (Lipinski definition) is 0. The van der Waals surface area contributed by atoms with Crippen LogP contribution in [0.4, 0.5) is 0 Å². The summed E-state index contributed by atoms with van der Waals surface area (Å²) in [6.07, 6.45) is 7.38. The first-order chi connectivity index (χ1) is 8.15. The Bertz CT molecular complexity index is 498. The van der Waals surface area contributed by atoms with Gasteiger partial charge in [-0.2, -0.15) is 0 Å². The molecule has 17 heavy (non-hydrogen) atoms. The fourth-order valence-corrected chi connectivity index (χ4v) is 6.32. The lowest BCUT2D eigenvalue weighted by Crippen LogP contribution is -2.49. The van der Waals surface area contributed by atoms with Crippen LogP contribution < -0.4 is 0 Å². The van der Waals surface area contributed by atoms with E-state index in [0.29, 0.717) is 18.5 Å². The maximum atomic E-state index is 12.4. The Morgan fingerprint density at radius 2 is 2.29 bits per heavy atom. The van der Waals surface area contributed by atoms with Gasteiger partial charge in [0.25, 0.3) is 0 Å². The molecule has 1 heterocycles. The summed E-state index contributed by atoms with van der Waals surface area (Å²) < 4.78 is 11.5. The minimum absolute atomic E-state index is 0.0385. The number of Topliss-reactive ketones (excluding diaryl/α,β-unsaturated/α-hetero) is 1. The fourth-order valence-electron chi connectivity index (χ4n) is 6.32. The zero-order valence-electron chi connectivity index (χ0n) is 9.99. The number of ether oxygens (including phenoxy) is 2. The van der Waals surface area contributed by atoms with E-state index in [2.05, 4.69) is 19.1 Å². The number of rotatable bonds is 0. The first-order valence-corrected chi connectivity index (χ1v) is 6.60. The van der Waals surface area contributed by atoms with Gasteiger partial charge in [-0.3, -0.25) is 4.79 Å². The lowest BCUT2D eigenvalue weighted by Gasteiger charge is -2.42. The van der Waals surface area contributed by atoms with Gasteiger partial charge in [0.05, 0.1) is 6.61 Å². The Balaban J connectivity index is 1.79. The molecule has 4 aliphatic carbocycles. The quantitative estimate of drug-likeness (QED) is 0.596. The molecule has 5 aliphatic rings. The molecular weight excluding hydrogens is 216 g/mol.